The van der Waals surface area contributed by atoms with E-state index in [4.69, 9.17) is 9.72 Å². The third-order valence-electron chi connectivity index (χ3n) is 3.44. The zero-order chi connectivity index (χ0) is 15.0. The predicted molar refractivity (Wildman–Crippen MR) is 79.2 cm³/mol. The first-order chi connectivity index (χ1) is 9.97. The molecule has 0 unspecified atom stereocenters. The van der Waals surface area contributed by atoms with Gasteiger partial charge in [0.15, 0.2) is 0 Å². The lowest BCUT2D eigenvalue weighted by Gasteiger charge is -2.16. The Morgan fingerprint density at radius 2 is 1.95 bits per heavy atom. The lowest BCUT2D eigenvalue weighted by Crippen LogP contribution is -2.18. The number of ether oxygens (including phenoxy) is 1. The van der Waals surface area contributed by atoms with Gasteiger partial charge in [-0.1, -0.05) is 20.8 Å². The molecular weight excluding hydrogens is 266 g/mol. The normalized spacial score (nSPS) is 14.2. The molecule has 0 saturated heterocycles. The molecule has 6 heteroatoms. The first-order valence-corrected chi connectivity index (χ1v) is 6.94. The monoisotopic (exact) mass is 285 g/mol. The van der Waals surface area contributed by atoms with Gasteiger partial charge in [0.1, 0.15) is 5.82 Å². The van der Waals surface area contributed by atoms with Gasteiger partial charge < -0.3 is 9.64 Å². The van der Waals surface area contributed by atoms with Crippen LogP contribution >= 0.6 is 0 Å². The summed E-state index contributed by atoms with van der Waals surface area (Å²) < 4.78 is 5.15. The number of rotatable bonds is 2. The Morgan fingerprint density at radius 1 is 1.14 bits per heavy atom. The van der Waals surface area contributed by atoms with Gasteiger partial charge in [-0.15, -0.1) is 0 Å². The summed E-state index contributed by atoms with van der Waals surface area (Å²) in [6.07, 6.45) is 3.62. The number of fused-ring (bicyclic) bond motifs is 1. The van der Waals surface area contributed by atoms with Crippen molar-refractivity contribution < 1.29 is 4.74 Å². The lowest BCUT2D eigenvalue weighted by atomic mass is 9.95. The highest BCUT2D eigenvalue weighted by Gasteiger charge is 2.26. The van der Waals surface area contributed by atoms with Crippen molar-refractivity contribution in [3.8, 4) is 5.88 Å². The van der Waals surface area contributed by atoms with Gasteiger partial charge in [-0.25, -0.2) is 15.0 Å². The maximum atomic E-state index is 5.15. The Balaban J connectivity index is 1.87. The Bertz CT molecular complexity index is 665. The van der Waals surface area contributed by atoms with Gasteiger partial charge >= 0.3 is 0 Å². The SMILES string of the molecule is COc1ccnc(N2Cc3cnc(C(C)(C)C)nc3C2)n1. The van der Waals surface area contributed by atoms with Gasteiger partial charge in [0, 0.05) is 36.0 Å². The number of nitrogens with zero attached hydrogens (tertiary/aromatic N) is 5. The number of anilines is 1. The Kier molecular flexibility index (Phi) is 3.23. The van der Waals surface area contributed by atoms with Crippen LogP contribution < -0.4 is 9.64 Å². The minimum Gasteiger partial charge on any atom is -0.481 e. The van der Waals surface area contributed by atoms with Crippen LogP contribution in [0.1, 0.15) is 37.9 Å². The first kappa shape index (κ1) is 13.7. The fraction of sp³-hybridized carbons (Fsp3) is 0.467. The average Bonchev–Trinajstić information content (AvgIpc) is 2.89. The fourth-order valence-corrected chi connectivity index (χ4v) is 2.25. The molecule has 0 N–H and O–H groups in total. The summed E-state index contributed by atoms with van der Waals surface area (Å²) >= 11 is 0. The summed E-state index contributed by atoms with van der Waals surface area (Å²) in [5.74, 6) is 2.09. The van der Waals surface area contributed by atoms with Crippen LogP contribution in [0, 0.1) is 0 Å². The molecule has 1 aliphatic heterocycles. The van der Waals surface area contributed by atoms with E-state index in [0.717, 1.165) is 23.6 Å². The van der Waals surface area contributed by atoms with Crippen LogP contribution in [0.5, 0.6) is 5.88 Å². The van der Waals surface area contributed by atoms with Crippen LogP contribution in [-0.2, 0) is 18.5 Å². The van der Waals surface area contributed by atoms with Gasteiger partial charge in [-0.05, 0) is 0 Å². The Hall–Kier alpha value is -2.24. The maximum Gasteiger partial charge on any atom is 0.229 e. The summed E-state index contributed by atoms with van der Waals surface area (Å²) in [6, 6.07) is 1.74. The van der Waals surface area contributed by atoms with Crippen molar-refractivity contribution in [2.45, 2.75) is 39.3 Å². The second-order valence-electron chi connectivity index (χ2n) is 6.17. The molecule has 0 fully saturated rings. The highest BCUT2D eigenvalue weighted by molar-refractivity contribution is 5.40. The fourth-order valence-electron chi connectivity index (χ4n) is 2.25. The van der Waals surface area contributed by atoms with Crippen LogP contribution in [-0.4, -0.2) is 27.0 Å². The minimum atomic E-state index is -0.0467. The predicted octanol–water partition coefficient (Wildman–Crippen LogP) is 2.09. The van der Waals surface area contributed by atoms with E-state index in [0.29, 0.717) is 18.4 Å². The quantitative estimate of drug-likeness (QED) is 0.842. The van der Waals surface area contributed by atoms with Crippen molar-refractivity contribution in [3.05, 3.63) is 35.5 Å². The van der Waals surface area contributed by atoms with Crippen LogP contribution in [0.2, 0.25) is 0 Å². The third kappa shape index (κ3) is 2.66. The molecule has 0 radical (unpaired) electrons. The van der Waals surface area contributed by atoms with Gasteiger partial charge in [-0.2, -0.15) is 4.98 Å². The van der Waals surface area contributed by atoms with Crippen LogP contribution in [0.15, 0.2) is 18.5 Å². The lowest BCUT2D eigenvalue weighted by molar-refractivity contribution is 0.396. The largest absolute Gasteiger partial charge is 0.481 e. The highest BCUT2D eigenvalue weighted by Crippen LogP contribution is 2.27. The molecule has 21 heavy (non-hydrogen) atoms. The van der Waals surface area contributed by atoms with Crippen molar-refractivity contribution in [3.63, 3.8) is 0 Å². The van der Waals surface area contributed by atoms with Crippen molar-refractivity contribution in [2.75, 3.05) is 12.0 Å². The van der Waals surface area contributed by atoms with E-state index in [2.05, 4.69) is 40.6 Å². The van der Waals surface area contributed by atoms with E-state index in [9.17, 15) is 0 Å². The molecule has 1 aliphatic rings. The van der Waals surface area contributed by atoms with Crippen molar-refractivity contribution in [1.29, 1.82) is 0 Å². The molecular formula is C15H19N5O. The van der Waals surface area contributed by atoms with E-state index in [-0.39, 0.29) is 5.41 Å². The minimum absolute atomic E-state index is 0.0467. The number of methoxy groups -OCH3 is 1. The van der Waals surface area contributed by atoms with E-state index >= 15 is 0 Å². The summed E-state index contributed by atoms with van der Waals surface area (Å²) in [5, 5.41) is 0. The zero-order valence-corrected chi connectivity index (χ0v) is 12.8. The highest BCUT2D eigenvalue weighted by atomic mass is 16.5. The summed E-state index contributed by atoms with van der Waals surface area (Å²) in [7, 11) is 1.60. The molecule has 0 saturated carbocycles. The Labute approximate surface area is 124 Å². The molecule has 110 valence electrons. The van der Waals surface area contributed by atoms with Gasteiger partial charge in [0.05, 0.1) is 19.3 Å². The molecule has 0 aliphatic carbocycles. The smallest absolute Gasteiger partial charge is 0.229 e. The molecule has 0 bridgehead atoms. The second kappa shape index (κ2) is 4.95. The molecule has 2 aromatic rings. The van der Waals surface area contributed by atoms with E-state index in [1.54, 1.807) is 19.4 Å². The van der Waals surface area contributed by atoms with Crippen molar-refractivity contribution >= 4 is 5.95 Å². The van der Waals surface area contributed by atoms with E-state index in [1.165, 1.54) is 0 Å². The second-order valence-corrected chi connectivity index (χ2v) is 6.17. The van der Waals surface area contributed by atoms with Crippen molar-refractivity contribution in [2.24, 2.45) is 0 Å². The summed E-state index contributed by atoms with van der Waals surface area (Å²) in [4.78, 5) is 19.9. The molecule has 0 amide bonds. The van der Waals surface area contributed by atoms with Gasteiger partial charge in [0.25, 0.3) is 0 Å². The van der Waals surface area contributed by atoms with Crippen LogP contribution in [0.25, 0.3) is 0 Å². The number of aromatic nitrogens is 4. The molecule has 3 heterocycles. The molecule has 3 rings (SSSR count). The number of hydrogen-bond acceptors (Lipinski definition) is 6. The van der Waals surface area contributed by atoms with Crippen molar-refractivity contribution in [1.82, 2.24) is 19.9 Å². The molecule has 0 atom stereocenters. The average molecular weight is 285 g/mol. The molecule has 6 nitrogen and oxygen atoms in total. The number of hydrogen-bond donors (Lipinski definition) is 0. The molecule has 2 aromatic heterocycles. The van der Waals surface area contributed by atoms with E-state index in [1.807, 2.05) is 6.20 Å². The standard InChI is InChI=1S/C15H19N5O/c1-15(2,3)13-17-7-10-8-20(9-11(10)18-13)14-16-6-5-12(19-14)21-4/h5-7H,8-9H2,1-4H3. The topological polar surface area (TPSA) is 64.0 Å². The summed E-state index contributed by atoms with van der Waals surface area (Å²) in [6.45, 7) is 7.78. The zero-order valence-electron chi connectivity index (χ0n) is 12.8. The van der Waals surface area contributed by atoms with Gasteiger partial charge in [-0.3, -0.25) is 0 Å². The Morgan fingerprint density at radius 3 is 2.67 bits per heavy atom. The van der Waals surface area contributed by atoms with Crippen LogP contribution in [0.4, 0.5) is 5.95 Å². The van der Waals surface area contributed by atoms with Gasteiger partial charge in [0.2, 0.25) is 11.8 Å². The summed E-state index contributed by atoms with van der Waals surface area (Å²) in [5.41, 5.74) is 2.14. The van der Waals surface area contributed by atoms with Crippen LogP contribution in [0.3, 0.4) is 0 Å². The first-order valence-electron chi connectivity index (χ1n) is 6.94. The molecule has 0 aromatic carbocycles. The van der Waals surface area contributed by atoms with E-state index < -0.39 is 0 Å². The third-order valence-corrected chi connectivity index (χ3v) is 3.44. The maximum absolute atomic E-state index is 5.15. The molecule has 0 spiro atoms.